The minimum Gasteiger partial charge on any atom is -0.405 e. The lowest BCUT2D eigenvalue weighted by molar-refractivity contribution is 0.00578. The summed E-state index contributed by atoms with van der Waals surface area (Å²) >= 11 is 3.59. The van der Waals surface area contributed by atoms with E-state index in [1.165, 1.54) is 54.7 Å². The highest BCUT2D eigenvalue weighted by molar-refractivity contribution is 9.10. The number of hydrogen-bond donors (Lipinski definition) is 0. The molecule has 8 nitrogen and oxygen atoms in total. The first-order valence-electron chi connectivity index (χ1n) is 27.2. The van der Waals surface area contributed by atoms with Crippen LogP contribution in [0.4, 0.5) is 0 Å². The maximum absolute atomic E-state index is 6.33. The predicted molar refractivity (Wildman–Crippen MR) is 333 cm³/mol. The molecule has 1 atom stereocenters. The summed E-state index contributed by atoms with van der Waals surface area (Å²) in [7, 11) is -1.33. The van der Waals surface area contributed by atoms with Crippen molar-refractivity contribution in [3.05, 3.63) is 215 Å². The van der Waals surface area contributed by atoms with Gasteiger partial charge < -0.3 is 32.5 Å². The number of halogens is 1. The van der Waals surface area contributed by atoms with Gasteiger partial charge in [-0.2, -0.15) is 0 Å². The van der Waals surface area contributed by atoms with Crippen LogP contribution in [0.3, 0.4) is 0 Å². The zero-order valence-electron chi connectivity index (χ0n) is 46.9. The van der Waals surface area contributed by atoms with Gasteiger partial charge in [-0.3, -0.25) is 4.99 Å². The molecule has 402 valence electrons. The van der Waals surface area contributed by atoms with Crippen molar-refractivity contribution in [1.82, 2.24) is 4.57 Å². The van der Waals surface area contributed by atoms with E-state index in [9.17, 15) is 0 Å². The lowest BCUT2D eigenvalue weighted by Crippen LogP contribution is -2.41. The van der Waals surface area contributed by atoms with Gasteiger partial charge in [0.15, 0.2) is 0 Å². The second kappa shape index (κ2) is 21.1. The normalized spacial score (nSPS) is 19.8. The Kier molecular flexibility index (Phi) is 15.0. The Labute approximate surface area is 477 Å². The highest BCUT2D eigenvalue weighted by Gasteiger charge is 2.64. The Morgan fingerprint density at radius 1 is 0.443 bits per heavy atom. The second-order valence-electron chi connectivity index (χ2n) is 23.9. The molecule has 1 aromatic heterocycles. The molecule has 5 heterocycles. The monoisotopic (exact) mass is 1110 g/mol. The van der Waals surface area contributed by atoms with Crippen molar-refractivity contribution in [1.29, 1.82) is 0 Å². The third-order valence-corrected chi connectivity index (χ3v) is 17.7. The van der Waals surface area contributed by atoms with Gasteiger partial charge in [-0.25, -0.2) is 0 Å². The molecule has 0 spiro atoms. The van der Waals surface area contributed by atoms with Crippen LogP contribution in [0.2, 0.25) is 0 Å². The summed E-state index contributed by atoms with van der Waals surface area (Å²) in [5.41, 5.74) is 9.59. The quantitative estimate of drug-likeness (QED) is 0.155. The fourth-order valence-electron chi connectivity index (χ4n) is 10.7. The number of aromatic nitrogens is 1. The average Bonchev–Trinajstić information content (AvgIpc) is 4.40. The van der Waals surface area contributed by atoms with Gasteiger partial charge in [0.05, 0.1) is 44.8 Å². The molecule has 0 N–H and O–H groups in total. The SMILES string of the molecule is Brc1cccc(C2=NC(c3ccccc3)c3c2ccc2ccccc32)c1.C.CC1(C)OB(B2OC(C)(C)C(C)(C)O2)OC1(C)C.CC1(C)OB(c2cccc(-c3cn(-c4ccccc4)c4c3ccc3ccccc34)c2)OC1(C)C. The number of nitrogens with zero attached hydrogens (tertiary/aromatic N) is 2. The van der Waals surface area contributed by atoms with Crippen molar-refractivity contribution in [2.24, 2.45) is 4.99 Å². The van der Waals surface area contributed by atoms with E-state index in [0.29, 0.717) is 0 Å². The van der Waals surface area contributed by atoms with Crippen LogP contribution < -0.4 is 5.46 Å². The van der Waals surface area contributed by atoms with Gasteiger partial charge in [-0.05, 0) is 146 Å². The van der Waals surface area contributed by atoms with Crippen LogP contribution in [0.1, 0.15) is 119 Å². The van der Waals surface area contributed by atoms with E-state index >= 15 is 0 Å². The van der Waals surface area contributed by atoms with Crippen molar-refractivity contribution < 1.29 is 27.9 Å². The molecule has 3 fully saturated rings. The first-order chi connectivity index (χ1) is 37.0. The number of fused-ring (bicyclic) bond motifs is 6. The lowest BCUT2D eigenvalue weighted by Gasteiger charge is -2.32. The first kappa shape index (κ1) is 56.2. The molecule has 12 heteroatoms. The van der Waals surface area contributed by atoms with Crippen LogP contribution in [0.5, 0.6) is 0 Å². The Morgan fingerprint density at radius 3 is 1.53 bits per heavy atom. The molecular weight excluding hydrogens is 1040 g/mol. The molecule has 79 heavy (non-hydrogen) atoms. The maximum atomic E-state index is 6.33. The lowest BCUT2D eigenvalue weighted by atomic mass is 9.49. The van der Waals surface area contributed by atoms with Crippen molar-refractivity contribution in [2.45, 2.75) is 130 Å². The average molecular weight is 1110 g/mol. The van der Waals surface area contributed by atoms with Gasteiger partial charge in [0.1, 0.15) is 6.04 Å². The van der Waals surface area contributed by atoms with E-state index in [1.807, 2.05) is 55.4 Å². The van der Waals surface area contributed by atoms with Gasteiger partial charge in [-0.1, -0.05) is 181 Å². The van der Waals surface area contributed by atoms with Crippen molar-refractivity contribution in [2.75, 3.05) is 0 Å². The minimum atomic E-state index is -0.476. The largest absolute Gasteiger partial charge is 0.494 e. The summed E-state index contributed by atoms with van der Waals surface area (Å²) in [4.78, 5) is 5.18. The number of para-hydroxylation sites is 1. The minimum absolute atomic E-state index is 0. The van der Waals surface area contributed by atoms with E-state index in [4.69, 9.17) is 32.9 Å². The van der Waals surface area contributed by atoms with Gasteiger partial charge in [0, 0.05) is 43.8 Å². The molecule has 0 saturated carbocycles. The smallest absolute Gasteiger partial charge is 0.405 e. The van der Waals surface area contributed by atoms with Gasteiger partial charge in [0.2, 0.25) is 0 Å². The predicted octanol–water partition coefficient (Wildman–Crippen LogP) is 16.2. The summed E-state index contributed by atoms with van der Waals surface area (Å²) in [6.45, 7) is 24.6. The molecule has 3 saturated heterocycles. The van der Waals surface area contributed by atoms with Crippen LogP contribution in [-0.2, 0) is 27.9 Å². The molecule has 4 aliphatic heterocycles. The number of hydrogen-bond acceptors (Lipinski definition) is 7. The van der Waals surface area contributed by atoms with E-state index in [1.54, 1.807) is 0 Å². The summed E-state index contributed by atoms with van der Waals surface area (Å²) < 4.78 is 39.9. The van der Waals surface area contributed by atoms with E-state index in [0.717, 1.165) is 32.5 Å². The van der Waals surface area contributed by atoms with Crippen molar-refractivity contribution in [3.63, 3.8) is 0 Å². The molecule has 0 bridgehead atoms. The van der Waals surface area contributed by atoms with Crippen molar-refractivity contribution >= 4 is 80.7 Å². The van der Waals surface area contributed by atoms with Crippen LogP contribution in [0, 0.1) is 0 Å². The molecule has 9 aromatic rings. The Hall–Kier alpha value is -6.08. The Bertz CT molecular complexity index is 3640. The maximum Gasteiger partial charge on any atom is 0.494 e. The number of aliphatic imine (C=N–C) groups is 1. The first-order valence-corrected chi connectivity index (χ1v) is 28.0. The van der Waals surface area contributed by atoms with Crippen molar-refractivity contribution in [3.8, 4) is 16.8 Å². The van der Waals surface area contributed by atoms with E-state index in [-0.39, 0.29) is 54.2 Å². The van der Waals surface area contributed by atoms with Crippen LogP contribution in [0.15, 0.2) is 198 Å². The molecule has 0 radical (unpaired) electrons. The summed E-state index contributed by atoms with van der Waals surface area (Å²) in [6, 6.07) is 64.2. The Morgan fingerprint density at radius 2 is 0.937 bits per heavy atom. The van der Waals surface area contributed by atoms with Crippen LogP contribution in [0.25, 0.3) is 49.3 Å². The topological polar surface area (TPSA) is 72.7 Å². The zero-order valence-corrected chi connectivity index (χ0v) is 48.5. The number of rotatable bonds is 6. The van der Waals surface area contributed by atoms with Gasteiger partial charge >= 0.3 is 21.1 Å². The summed E-state index contributed by atoms with van der Waals surface area (Å²) in [6.07, 6.45) is 2.26. The zero-order chi connectivity index (χ0) is 55.0. The molecule has 4 aliphatic rings. The molecule has 0 amide bonds. The fraction of sp³-hybridized carbons (Fsp3) is 0.299. The molecule has 8 aromatic carbocycles. The molecule has 13 rings (SSSR count). The van der Waals surface area contributed by atoms with Crippen LogP contribution in [-0.4, -0.2) is 65.0 Å². The van der Waals surface area contributed by atoms with Gasteiger partial charge in [0.25, 0.3) is 0 Å². The third-order valence-electron chi connectivity index (χ3n) is 17.2. The number of benzene rings is 8. The third kappa shape index (κ3) is 10.5. The van der Waals surface area contributed by atoms with Gasteiger partial charge in [-0.15, -0.1) is 0 Å². The van der Waals surface area contributed by atoms with E-state index < -0.39 is 14.0 Å². The summed E-state index contributed by atoms with van der Waals surface area (Å²) in [5.74, 6) is 0. The highest BCUT2D eigenvalue weighted by atomic mass is 79.9. The highest BCUT2D eigenvalue weighted by Crippen LogP contribution is 2.45. The second-order valence-corrected chi connectivity index (χ2v) is 24.9. The standard InChI is InChI=1S/C30H28BNO2.C24H16BrN.C12H24B2O4.CH4/c1-29(2)30(3,4)34-31(33-29)23-13-10-12-22(19-23)27-20-32(24-14-6-5-7-15-24)28-25-16-9-8-11-21(25)17-18-26(27)28;25-19-11-6-10-18(15-19)23-21-14-13-16-7-4-5-12-20(16)22(21)24(26-23)17-8-2-1-3-9-17;1-9(2)10(3,4)16-13(15-9)14-17-11(5,6)12(7,8)18-14;/h5-20H,1-4H3;1-15,24H;1-8H3;1H4. The molecule has 0 aliphatic carbocycles. The van der Waals surface area contributed by atoms with E-state index in [2.05, 4.69) is 236 Å². The molecular formula is C67H72B3BrN2O6. The Balaban J connectivity index is 0.000000140. The molecule has 1 unspecified atom stereocenters. The van der Waals surface area contributed by atoms with Crippen LogP contribution >= 0.6 is 15.9 Å². The summed E-state index contributed by atoms with van der Waals surface area (Å²) in [5, 5.41) is 6.26. The fourth-order valence-corrected chi connectivity index (χ4v) is 11.1.